The Kier molecular flexibility index (Phi) is 11.3. The van der Waals surface area contributed by atoms with Crippen LogP contribution in [0.15, 0.2) is 146 Å². The average molecular weight is 849 g/mol. The second kappa shape index (κ2) is 17.5. The van der Waals surface area contributed by atoms with E-state index in [0.717, 1.165) is 89.0 Å². The first-order valence-corrected chi connectivity index (χ1v) is 20.8. The Hall–Kier alpha value is -7.84. The van der Waals surface area contributed by atoms with E-state index in [4.69, 9.17) is 37.9 Å². The van der Waals surface area contributed by atoms with Crippen molar-refractivity contribution >= 4 is 0 Å². The summed E-state index contributed by atoms with van der Waals surface area (Å²) in [6.07, 6.45) is 0. The molecular weight excluding hydrogens is 801 g/mol. The van der Waals surface area contributed by atoms with Crippen LogP contribution in [0.1, 0.15) is 0 Å². The molecule has 0 atom stereocenters. The molecule has 0 aromatic heterocycles. The topological polar surface area (TPSA) is 73.8 Å². The fourth-order valence-corrected chi connectivity index (χ4v) is 8.62. The van der Waals surface area contributed by atoms with Crippen molar-refractivity contribution in [2.24, 2.45) is 0 Å². The molecule has 0 spiro atoms. The van der Waals surface area contributed by atoms with E-state index in [2.05, 4.69) is 72.8 Å². The number of fused-ring (bicyclic) bond motifs is 8. The van der Waals surface area contributed by atoms with Crippen LogP contribution in [0.3, 0.4) is 0 Å². The molecule has 8 aromatic rings. The predicted octanol–water partition coefficient (Wildman–Crippen LogP) is 13.4. The van der Waals surface area contributed by atoms with Crippen LogP contribution < -0.4 is 37.9 Å². The molecule has 320 valence electrons. The summed E-state index contributed by atoms with van der Waals surface area (Å²) in [5.41, 5.74) is 16.5. The van der Waals surface area contributed by atoms with Gasteiger partial charge in [0.25, 0.3) is 0 Å². The maximum absolute atomic E-state index is 5.73. The minimum atomic E-state index is 0.709. The Morgan fingerprint density at radius 2 is 0.344 bits per heavy atom. The molecule has 0 saturated carbocycles. The van der Waals surface area contributed by atoms with Gasteiger partial charge in [0, 0.05) is 24.3 Å². The van der Waals surface area contributed by atoms with E-state index in [1.165, 1.54) is 0 Å². The van der Waals surface area contributed by atoms with Crippen LogP contribution in [0, 0.1) is 0 Å². The number of rotatable bonds is 12. The molecule has 0 radical (unpaired) electrons. The number of ether oxygens (including phenoxy) is 8. The highest BCUT2D eigenvalue weighted by Crippen LogP contribution is 2.52. The second-order valence-corrected chi connectivity index (χ2v) is 15.4. The van der Waals surface area contributed by atoms with Gasteiger partial charge >= 0.3 is 0 Å². The van der Waals surface area contributed by atoms with Crippen LogP contribution in [0.2, 0.25) is 0 Å². The molecule has 0 bridgehead atoms. The fraction of sp³-hybridized carbons (Fsp3) is 0.143. The van der Waals surface area contributed by atoms with E-state index in [-0.39, 0.29) is 0 Å². The van der Waals surface area contributed by atoms with Gasteiger partial charge in [0.2, 0.25) is 0 Å². The zero-order valence-corrected chi connectivity index (χ0v) is 37.1. The lowest BCUT2D eigenvalue weighted by atomic mass is 9.78. The first-order valence-electron chi connectivity index (χ1n) is 20.8. The summed E-state index contributed by atoms with van der Waals surface area (Å²) in [6, 6.07) is 50.7. The molecule has 9 rings (SSSR count). The highest BCUT2D eigenvalue weighted by atomic mass is 16.5. The van der Waals surface area contributed by atoms with E-state index >= 15 is 0 Å². The summed E-state index contributed by atoms with van der Waals surface area (Å²) in [7, 11) is 13.4. The lowest BCUT2D eigenvalue weighted by Gasteiger charge is -2.26. The lowest BCUT2D eigenvalue weighted by molar-refractivity contribution is 0.394. The SMILES string of the molecule is COc1cc(OC)cc(-c2ccc3c(c2)-c2cc(-c4cc(OC)cc(OC)c4)ccc2-c2ccc(-c4cc(OC)cc(OC)c4)cc2-c2cc(-c4cc(OC)cc(OC)c4)ccc2-3)c1. The molecule has 0 N–H and O–H groups in total. The van der Waals surface area contributed by atoms with E-state index in [0.29, 0.717) is 46.0 Å². The van der Waals surface area contributed by atoms with Crippen LogP contribution >= 0.6 is 0 Å². The van der Waals surface area contributed by atoms with Gasteiger partial charge in [0.1, 0.15) is 46.0 Å². The normalized spacial score (nSPS) is 11.1. The van der Waals surface area contributed by atoms with E-state index in [9.17, 15) is 0 Å². The highest BCUT2D eigenvalue weighted by molar-refractivity contribution is 6.06. The van der Waals surface area contributed by atoms with Crippen molar-refractivity contribution in [1.29, 1.82) is 0 Å². The third kappa shape index (κ3) is 7.79. The van der Waals surface area contributed by atoms with Crippen molar-refractivity contribution < 1.29 is 37.9 Å². The zero-order valence-electron chi connectivity index (χ0n) is 37.1. The van der Waals surface area contributed by atoms with Gasteiger partial charge in [0.15, 0.2) is 0 Å². The third-order valence-electron chi connectivity index (χ3n) is 12.0. The quantitative estimate of drug-likeness (QED) is 0.120. The molecule has 8 nitrogen and oxygen atoms in total. The Labute approximate surface area is 374 Å². The molecule has 0 fully saturated rings. The Morgan fingerprint density at radius 1 is 0.172 bits per heavy atom. The highest BCUT2D eigenvalue weighted by Gasteiger charge is 2.25. The van der Waals surface area contributed by atoms with Crippen LogP contribution in [-0.2, 0) is 0 Å². The molecule has 0 heterocycles. The molecule has 0 saturated heterocycles. The average Bonchev–Trinajstić information content (AvgIpc) is 3.36. The van der Waals surface area contributed by atoms with Crippen LogP contribution in [-0.4, -0.2) is 56.9 Å². The van der Waals surface area contributed by atoms with Gasteiger partial charge in [-0.15, -0.1) is 0 Å². The largest absolute Gasteiger partial charge is 0.497 e. The van der Waals surface area contributed by atoms with Gasteiger partial charge in [0.05, 0.1) is 56.9 Å². The number of benzene rings is 8. The Bertz CT molecular complexity index is 2560. The minimum Gasteiger partial charge on any atom is -0.497 e. The summed E-state index contributed by atoms with van der Waals surface area (Å²) >= 11 is 0. The van der Waals surface area contributed by atoms with Gasteiger partial charge in [-0.2, -0.15) is 0 Å². The molecule has 0 amide bonds. The van der Waals surface area contributed by atoms with Crippen molar-refractivity contribution in [2.45, 2.75) is 0 Å². The summed E-state index contributed by atoms with van der Waals surface area (Å²) in [5, 5.41) is 0. The molecule has 0 unspecified atom stereocenters. The molecular formula is C56H48O8. The van der Waals surface area contributed by atoms with Crippen LogP contribution in [0.4, 0.5) is 0 Å². The summed E-state index contributed by atoms with van der Waals surface area (Å²) in [4.78, 5) is 0. The van der Waals surface area contributed by atoms with Crippen molar-refractivity contribution in [1.82, 2.24) is 0 Å². The van der Waals surface area contributed by atoms with Crippen LogP contribution in [0.5, 0.6) is 46.0 Å². The van der Waals surface area contributed by atoms with E-state index < -0.39 is 0 Å². The van der Waals surface area contributed by atoms with Crippen molar-refractivity contribution in [2.75, 3.05) is 56.9 Å². The van der Waals surface area contributed by atoms with E-state index in [1.807, 2.05) is 72.8 Å². The monoisotopic (exact) mass is 848 g/mol. The van der Waals surface area contributed by atoms with Crippen molar-refractivity contribution in [3.63, 3.8) is 0 Å². The van der Waals surface area contributed by atoms with Crippen molar-refractivity contribution in [3.05, 3.63) is 146 Å². The third-order valence-corrected chi connectivity index (χ3v) is 12.0. The lowest BCUT2D eigenvalue weighted by Crippen LogP contribution is -2.00. The smallest absolute Gasteiger partial charge is 0.123 e. The Balaban J connectivity index is 1.37. The number of hydrogen-bond donors (Lipinski definition) is 0. The molecule has 64 heavy (non-hydrogen) atoms. The molecule has 0 aliphatic heterocycles. The number of hydrogen-bond acceptors (Lipinski definition) is 8. The van der Waals surface area contributed by atoms with Crippen LogP contribution in [0.25, 0.3) is 89.0 Å². The predicted molar refractivity (Wildman–Crippen MR) is 256 cm³/mol. The van der Waals surface area contributed by atoms with Gasteiger partial charge in [-0.25, -0.2) is 0 Å². The zero-order chi connectivity index (χ0) is 44.5. The van der Waals surface area contributed by atoms with E-state index in [1.54, 1.807) is 56.9 Å². The maximum atomic E-state index is 5.73. The van der Waals surface area contributed by atoms with Gasteiger partial charge in [-0.05, 0) is 162 Å². The fourth-order valence-electron chi connectivity index (χ4n) is 8.62. The first-order chi connectivity index (χ1) is 31.3. The molecule has 1 aliphatic rings. The summed E-state index contributed by atoms with van der Waals surface area (Å²) in [5.74, 6) is 5.68. The summed E-state index contributed by atoms with van der Waals surface area (Å²) < 4.78 is 45.8. The molecule has 8 heteroatoms. The second-order valence-electron chi connectivity index (χ2n) is 15.4. The standard InChI is InChI=1S/C56H48O8/c1-57-41-17-37(18-42(29-41)58-2)33-9-13-49-50-14-10-35(39-21-45(61-5)31-46(22-39)62-6)27-55(50)56-28-36(40-23-47(63-7)32-48(24-40)64-8)12-16-52(56)51-15-11-34(26-54(51)53(49)25-33)38-19-43(59-3)30-44(20-38)60-4/h9-32H,1-8H3. The Morgan fingerprint density at radius 3 is 0.500 bits per heavy atom. The van der Waals surface area contributed by atoms with Gasteiger partial charge in [-0.1, -0.05) is 48.5 Å². The van der Waals surface area contributed by atoms with Gasteiger partial charge in [-0.3, -0.25) is 0 Å². The molecule has 1 aliphatic carbocycles. The number of methoxy groups -OCH3 is 8. The summed E-state index contributed by atoms with van der Waals surface area (Å²) in [6.45, 7) is 0. The minimum absolute atomic E-state index is 0.709. The van der Waals surface area contributed by atoms with Gasteiger partial charge < -0.3 is 37.9 Å². The first kappa shape index (κ1) is 41.5. The molecule has 8 aromatic carbocycles. The van der Waals surface area contributed by atoms with Crippen molar-refractivity contribution in [3.8, 4) is 135 Å². The maximum Gasteiger partial charge on any atom is 0.123 e.